The molecule has 0 spiro atoms. The molecule has 0 aliphatic heterocycles. The van der Waals surface area contributed by atoms with E-state index in [-0.39, 0.29) is 18.4 Å². The normalized spacial score (nSPS) is 9.10. The highest BCUT2D eigenvalue weighted by atomic mass is 16.2. The average molecular weight is 144 g/mol. The maximum absolute atomic E-state index is 10.8. The average Bonchev–Trinajstić information content (AvgIpc) is 1.88. The lowest BCUT2D eigenvalue weighted by Gasteiger charge is -2.14. The van der Waals surface area contributed by atoms with Gasteiger partial charge in [0.15, 0.2) is 0 Å². The predicted molar refractivity (Wildman–Crippen MR) is 37.1 cm³/mol. The molecule has 0 heterocycles. The Morgan fingerprint density at radius 3 is 2.10 bits per heavy atom. The smallest absolute Gasteiger partial charge is 0.242 e. The van der Waals surface area contributed by atoms with E-state index < -0.39 is 0 Å². The van der Waals surface area contributed by atoms with Crippen LogP contribution in [0.25, 0.3) is 0 Å². The highest BCUT2D eigenvalue weighted by molar-refractivity contribution is 5.94. The minimum Gasteiger partial charge on any atom is -0.322 e. The van der Waals surface area contributed by atoms with Crippen molar-refractivity contribution < 1.29 is 9.59 Å². The maximum atomic E-state index is 10.8. The van der Waals surface area contributed by atoms with Gasteiger partial charge >= 0.3 is 0 Å². The van der Waals surface area contributed by atoms with E-state index in [2.05, 4.69) is 0 Å². The Kier molecular flexibility index (Phi) is 3.64. The summed E-state index contributed by atoms with van der Waals surface area (Å²) in [5.41, 5.74) is 5.04. The second kappa shape index (κ2) is 4.00. The van der Waals surface area contributed by atoms with Crippen molar-refractivity contribution in [3.05, 3.63) is 0 Å². The molecule has 58 valence electrons. The molecule has 0 saturated carbocycles. The first kappa shape index (κ1) is 9.10. The van der Waals surface area contributed by atoms with Crippen molar-refractivity contribution in [2.24, 2.45) is 5.73 Å². The van der Waals surface area contributed by atoms with Gasteiger partial charge in [-0.25, -0.2) is 0 Å². The number of carbonyl (C=O) groups excluding carboxylic acids is 2. The monoisotopic (exact) mass is 144 g/mol. The Hall–Kier alpha value is -0.900. The van der Waals surface area contributed by atoms with Gasteiger partial charge in [-0.2, -0.15) is 0 Å². The fraction of sp³-hybridized carbons (Fsp3) is 0.667. The molecule has 4 heteroatoms. The Bertz CT molecular complexity index is 145. The number of rotatable bonds is 2. The Morgan fingerprint density at radius 1 is 1.50 bits per heavy atom. The fourth-order valence-corrected chi connectivity index (χ4v) is 0.685. The molecular formula is C6H12N2O2. The van der Waals surface area contributed by atoms with Crippen molar-refractivity contribution in [1.29, 1.82) is 0 Å². The van der Waals surface area contributed by atoms with Gasteiger partial charge in [0.2, 0.25) is 11.8 Å². The molecule has 0 saturated heterocycles. The van der Waals surface area contributed by atoms with Crippen molar-refractivity contribution >= 4 is 11.8 Å². The summed E-state index contributed by atoms with van der Waals surface area (Å²) in [6.07, 6.45) is 0. The number of imide groups is 1. The van der Waals surface area contributed by atoms with Crippen LogP contribution in [-0.4, -0.2) is 29.8 Å². The SMILES string of the molecule is CCN(C(C)=O)C(=O)CN. The molecule has 2 N–H and O–H groups in total. The third-order valence-corrected chi connectivity index (χ3v) is 1.17. The van der Waals surface area contributed by atoms with Crippen LogP contribution >= 0.6 is 0 Å². The molecule has 0 fully saturated rings. The van der Waals surface area contributed by atoms with Crippen LogP contribution in [0.4, 0.5) is 0 Å². The molecular weight excluding hydrogens is 132 g/mol. The molecule has 0 unspecified atom stereocenters. The summed E-state index contributed by atoms with van der Waals surface area (Å²) in [5.74, 6) is -0.576. The number of nitrogens with zero attached hydrogens (tertiary/aromatic N) is 1. The van der Waals surface area contributed by atoms with Gasteiger partial charge in [-0.1, -0.05) is 0 Å². The van der Waals surface area contributed by atoms with E-state index in [1.165, 1.54) is 6.92 Å². The molecule has 10 heavy (non-hydrogen) atoms. The summed E-state index contributed by atoms with van der Waals surface area (Å²) in [4.78, 5) is 22.5. The first-order valence-electron chi connectivity index (χ1n) is 3.14. The second-order valence-corrected chi connectivity index (χ2v) is 1.86. The van der Waals surface area contributed by atoms with Crippen molar-refractivity contribution in [3.8, 4) is 0 Å². The van der Waals surface area contributed by atoms with E-state index >= 15 is 0 Å². The lowest BCUT2D eigenvalue weighted by molar-refractivity contribution is -0.142. The Labute approximate surface area is 60.0 Å². The number of nitrogens with two attached hydrogens (primary N) is 1. The van der Waals surface area contributed by atoms with Crippen molar-refractivity contribution in [2.45, 2.75) is 13.8 Å². The molecule has 0 aliphatic rings. The predicted octanol–water partition coefficient (Wildman–Crippen LogP) is -0.660. The lowest BCUT2D eigenvalue weighted by Crippen LogP contribution is -2.39. The van der Waals surface area contributed by atoms with E-state index in [0.717, 1.165) is 4.90 Å². The van der Waals surface area contributed by atoms with Gasteiger partial charge in [-0.05, 0) is 6.92 Å². The highest BCUT2D eigenvalue weighted by Gasteiger charge is 2.12. The van der Waals surface area contributed by atoms with Crippen LogP contribution in [0.15, 0.2) is 0 Å². The van der Waals surface area contributed by atoms with Gasteiger partial charge in [0.1, 0.15) is 0 Å². The van der Waals surface area contributed by atoms with Gasteiger partial charge in [-0.3, -0.25) is 14.5 Å². The number of hydrogen-bond donors (Lipinski definition) is 1. The van der Waals surface area contributed by atoms with Crippen molar-refractivity contribution in [2.75, 3.05) is 13.1 Å². The second-order valence-electron chi connectivity index (χ2n) is 1.86. The number of carbonyl (C=O) groups is 2. The largest absolute Gasteiger partial charge is 0.322 e. The van der Waals surface area contributed by atoms with Crippen LogP contribution < -0.4 is 5.73 Å². The molecule has 0 aromatic heterocycles. The van der Waals surface area contributed by atoms with E-state index in [4.69, 9.17) is 5.73 Å². The number of amides is 2. The van der Waals surface area contributed by atoms with Gasteiger partial charge in [0.05, 0.1) is 6.54 Å². The molecule has 2 amide bonds. The summed E-state index contributed by atoms with van der Waals surface area (Å²) in [6.45, 7) is 3.37. The van der Waals surface area contributed by atoms with Crippen LogP contribution in [0, 0.1) is 0 Å². The number of hydrogen-bond acceptors (Lipinski definition) is 3. The molecule has 0 aliphatic carbocycles. The minimum atomic E-state index is -0.324. The third kappa shape index (κ3) is 2.14. The van der Waals surface area contributed by atoms with Crippen LogP contribution in [0.5, 0.6) is 0 Å². The third-order valence-electron chi connectivity index (χ3n) is 1.17. The lowest BCUT2D eigenvalue weighted by atomic mass is 10.4. The van der Waals surface area contributed by atoms with E-state index in [0.29, 0.717) is 6.54 Å². The zero-order chi connectivity index (χ0) is 8.15. The topological polar surface area (TPSA) is 63.4 Å². The van der Waals surface area contributed by atoms with Gasteiger partial charge in [-0.15, -0.1) is 0 Å². The first-order chi connectivity index (χ1) is 4.63. The van der Waals surface area contributed by atoms with Crippen molar-refractivity contribution in [1.82, 2.24) is 4.90 Å². The van der Waals surface area contributed by atoms with Gasteiger partial charge in [0, 0.05) is 13.5 Å². The molecule has 0 bridgehead atoms. The first-order valence-corrected chi connectivity index (χ1v) is 3.14. The molecule has 0 aromatic carbocycles. The zero-order valence-electron chi connectivity index (χ0n) is 6.26. The number of likely N-dealkylation sites (N-methyl/N-ethyl adjacent to an activating group) is 1. The summed E-state index contributed by atoms with van der Waals surface area (Å²) in [5, 5.41) is 0. The van der Waals surface area contributed by atoms with E-state index in [1.807, 2.05) is 0 Å². The molecule has 4 nitrogen and oxygen atoms in total. The highest BCUT2D eigenvalue weighted by Crippen LogP contribution is 1.87. The maximum Gasteiger partial charge on any atom is 0.242 e. The van der Waals surface area contributed by atoms with Crippen LogP contribution in [0.1, 0.15) is 13.8 Å². The van der Waals surface area contributed by atoms with Gasteiger partial charge < -0.3 is 5.73 Å². The standard InChI is InChI=1S/C6H12N2O2/c1-3-8(5(2)9)6(10)4-7/h3-4,7H2,1-2H3. The summed E-state index contributed by atoms with van der Waals surface area (Å²) >= 11 is 0. The molecule has 0 radical (unpaired) electrons. The van der Waals surface area contributed by atoms with E-state index in [1.54, 1.807) is 6.92 Å². The Morgan fingerprint density at radius 2 is 2.00 bits per heavy atom. The molecule has 0 atom stereocenters. The van der Waals surface area contributed by atoms with E-state index in [9.17, 15) is 9.59 Å². The van der Waals surface area contributed by atoms with Gasteiger partial charge in [0.25, 0.3) is 0 Å². The summed E-state index contributed by atoms with van der Waals surface area (Å²) in [6, 6.07) is 0. The fourth-order valence-electron chi connectivity index (χ4n) is 0.685. The molecule has 0 aromatic rings. The van der Waals surface area contributed by atoms with Crippen LogP contribution in [0.3, 0.4) is 0 Å². The van der Waals surface area contributed by atoms with Crippen molar-refractivity contribution in [3.63, 3.8) is 0 Å². The quantitative estimate of drug-likeness (QED) is 0.559. The van der Waals surface area contributed by atoms with Crippen LogP contribution in [0.2, 0.25) is 0 Å². The molecule has 0 rings (SSSR count). The summed E-state index contributed by atoms with van der Waals surface area (Å²) in [7, 11) is 0. The summed E-state index contributed by atoms with van der Waals surface area (Å²) < 4.78 is 0. The Balaban J connectivity index is 4.06. The van der Waals surface area contributed by atoms with Crippen LogP contribution in [-0.2, 0) is 9.59 Å². The zero-order valence-corrected chi connectivity index (χ0v) is 6.26. The minimum absolute atomic E-state index is 0.104.